The molecule has 6 heteroatoms. The summed E-state index contributed by atoms with van der Waals surface area (Å²) >= 11 is 0. The van der Waals surface area contributed by atoms with Crippen molar-refractivity contribution in [2.75, 3.05) is 19.6 Å². The molecule has 2 amide bonds. The number of aromatic nitrogens is 1. The number of hydrogen-bond donors (Lipinski definition) is 1. The third-order valence-corrected chi connectivity index (χ3v) is 4.99. The predicted octanol–water partition coefficient (Wildman–Crippen LogP) is 3.29. The number of pyridine rings is 1. The number of hydrogen-bond acceptors (Lipinski definition) is 4. The quantitative estimate of drug-likeness (QED) is 0.781. The lowest BCUT2D eigenvalue weighted by Gasteiger charge is -2.32. The molecule has 3 rings (SSSR count). The van der Waals surface area contributed by atoms with E-state index >= 15 is 0 Å². The van der Waals surface area contributed by atoms with Crippen LogP contribution in [0.25, 0.3) is 0 Å². The molecule has 0 aliphatic carbocycles. The van der Waals surface area contributed by atoms with Gasteiger partial charge in [0.1, 0.15) is 12.4 Å². The minimum Gasteiger partial charge on any atom is -0.489 e. The molecule has 1 aliphatic rings. The second kappa shape index (κ2) is 10.0. The average molecular weight is 396 g/mol. The van der Waals surface area contributed by atoms with E-state index in [4.69, 9.17) is 4.74 Å². The first kappa shape index (κ1) is 20.8. The van der Waals surface area contributed by atoms with Crippen LogP contribution < -0.4 is 10.1 Å². The molecule has 1 aromatic heterocycles. The Labute approximate surface area is 172 Å². The number of nitrogens with zero attached hydrogens (tertiary/aromatic N) is 2. The molecule has 0 radical (unpaired) electrons. The smallest absolute Gasteiger partial charge is 0.253 e. The van der Waals surface area contributed by atoms with Crippen molar-refractivity contribution in [2.45, 2.75) is 33.3 Å². The zero-order valence-electron chi connectivity index (χ0n) is 17.1. The number of amides is 2. The zero-order chi connectivity index (χ0) is 20.6. The highest BCUT2D eigenvalue weighted by molar-refractivity contribution is 5.94. The van der Waals surface area contributed by atoms with Gasteiger partial charge < -0.3 is 15.0 Å². The molecule has 0 spiro atoms. The molecular formula is C23H29N3O3. The highest BCUT2D eigenvalue weighted by atomic mass is 16.5. The van der Waals surface area contributed by atoms with Gasteiger partial charge in [-0.3, -0.25) is 14.6 Å². The molecule has 0 saturated carbocycles. The SMILES string of the molecule is CC(C)CNC(=O)[C@H]1CCCN(C(=O)c2ccc(OCc3cccnc3)cc2)C1. The Hall–Kier alpha value is -2.89. The first-order valence-electron chi connectivity index (χ1n) is 10.2. The van der Waals surface area contributed by atoms with Crippen molar-refractivity contribution in [1.29, 1.82) is 0 Å². The van der Waals surface area contributed by atoms with E-state index in [0.29, 0.717) is 43.5 Å². The summed E-state index contributed by atoms with van der Waals surface area (Å²) in [6.07, 6.45) is 5.16. The maximum absolute atomic E-state index is 12.9. The Morgan fingerprint density at radius 3 is 2.72 bits per heavy atom. The van der Waals surface area contributed by atoms with Crippen LogP contribution in [0.1, 0.15) is 42.6 Å². The van der Waals surface area contributed by atoms with Crippen LogP contribution in [0.3, 0.4) is 0 Å². The summed E-state index contributed by atoms with van der Waals surface area (Å²) in [6, 6.07) is 11.0. The van der Waals surface area contributed by atoms with Gasteiger partial charge in [-0.15, -0.1) is 0 Å². The minimum atomic E-state index is -0.131. The summed E-state index contributed by atoms with van der Waals surface area (Å²) in [7, 11) is 0. The second-order valence-electron chi connectivity index (χ2n) is 7.90. The lowest BCUT2D eigenvalue weighted by atomic mass is 9.96. The van der Waals surface area contributed by atoms with E-state index in [2.05, 4.69) is 24.1 Å². The molecule has 1 saturated heterocycles. The Bertz CT molecular complexity index is 806. The van der Waals surface area contributed by atoms with Crippen molar-refractivity contribution in [3.63, 3.8) is 0 Å². The summed E-state index contributed by atoms with van der Waals surface area (Å²) < 4.78 is 5.75. The third kappa shape index (κ3) is 6.04. The van der Waals surface area contributed by atoms with Crippen LogP contribution in [-0.2, 0) is 11.4 Å². The maximum Gasteiger partial charge on any atom is 0.253 e. The van der Waals surface area contributed by atoms with E-state index in [1.165, 1.54) is 0 Å². The summed E-state index contributed by atoms with van der Waals surface area (Å²) in [5, 5.41) is 2.99. The molecule has 2 heterocycles. The van der Waals surface area contributed by atoms with Crippen molar-refractivity contribution in [2.24, 2.45) is 11.8 Å². The Morgan fingerprint density at radius 1 is 1.24 bits per heavy atom. The lowest BCUT2D eigenvalue weighted by Crippen LogP contribution is -2.46. The van der Waals surface area contributed by atoms with Crippen LogP contribution in [-0.4, -0.2) is 41.3 Å². The number of benzene rings is 1. The van der Waals surface area contributed by atoms with Crippen molar-refractivity contribution >= 4 is 11.8 Å². The van der Waals surface area contributed by atoms with Crippen LogP contribution in [0.2, 0.25) is 0 Å². The van der Waals surface area contributed by atoms with Gasteiger partial charge in [0.2, 0.25) is 5.91 Å². The fourth-order valence-corrected chi connectivity index (χ4v) is 3.35. The number of carbonyl (C=O) groups excluding carboxylic acids is 2. The molecule has 2 aromatic rings. The molecule has 154 valence electrons. The number of carbonyl (C=O) groups is 2. The number of ether oxygens (including phenoxy) is 1. The second-order valence-corrected chi connectivity index (χ2v) is 7.90. The van der Waals surface area contributed by atoms with Gasteiger partial charge in [-0.2, -0.15) is 0 Å². The molecule has 29 heavy (non-hydrogen) atoms. The van der Waals surface area contributed by atoms with Crippen LogP contribution in [0.4, 0.5) is 0 Å². The topological polar surface area (TPSA) is 71.5 Å². The number of piperidine rings is 1. The number of nitrogens with one attached hydrogen (secondary N) is 1. The van der Waals surface area contributed by atoms with E-state index in [9.17, 15) is 9.59 Å². The summed E-state index contributed by atoms with van der Waals surface area (Å²) in [5.41, 5.74) is 1.60. The Kier molecular flexibility index (Phi) is 7.22. The highest BCUT2D eigenvalue weighted by Gasteiger charge is 2.28. The molecule has 1 aliphatic heterocycles. The monoisotopic (exact) mass is 395 g/mol. The number of likely N-dealkylation sites (tertiary alicyclic amines) is 1. The van der Waals surface area contributed by atoms with Crippen molar-refractivity contribution < 1.29 is 14.3 Å². The molecule has 0 bridgehead atoms. The van der Waals surface area contributed by atoms with Crippen molar-refractivity contribution in [3.05, 3.63) is 59.9 Å². The summed E-state index contributed by atoms with van der Waals surface area (Å²) in [5.74, 6) is 1.00. The first-order chi connectivity index (χ1) is 14.0. The minimum absolute atomic E-state index is 0.0369. The van der Waals surface area contributed by atoms with E-state index in [1.54, 1.807) is 41.6 Å². The van der Waals surface area contributed by atoms with Crippen LogP contribution in [0, 0.1) is 11.8 Å². The van der Waals surface area contributed by atoms with Gasteiger partial charge in [-0.1, -0.05) is 19.9 Å². The van der Waals surface area contributed by atoms with Gasteiger partial charge in [0, 0.05) is 43.2 Å². The molecule has 0 unspecified atom stereocenters. The average Bonchev–Trinajstić information content (AvgIpc) is 2.76. The van der Waals surface area contributed by atoms with Gasteiger partial charge in [0.25, 0.3) is 5.91 Å². The van der Waals surface area contributed by atoms with Crippen molar-refractivity contribution in [1.82, 2.24) is 15.2 Å². The largest absolute Gasteiger partial charge is 0.489 e. The lowest BCUT2D eigenvalue weighted by molar-refractivity contribution is -0.126. The first-order valence-corrected chi connectivity index (χ1v) is 10.2. The molecular weight excluding hydrogens is 366 g/mol. The number of rotatable bonds is 7. The molecule has 1 N–H and O–H groups in total. The van der Waals surface area contributed by atoms with Crippen LogP contribution in [0.15, 0.2) is 48.8 Å². The van der Waals surface area contributed by atoms with E-state index in [0.717, 1.165) is 18.4 Å². The normalized spacial score (nSPS) is 16.5. The predicted molar refractivity (Wildman–Crippen MR) is 111 cm³/mol. The van der Waals surface area contributed by atoms with E-state index in [1.807, 2.05) is 12.1 Å². The molecule has 1 atom stereocenters. The molecule has 1 aromatic carbocycles. The maximum atomic E-state index is 12.9. The summed E-state index contributed by atoms with van der Waals surface area (Å²) in [6.45, 7) is 6.40. The van der Waals surface area contributed by atoms with Crippen molar-refractivity contribution in [3.8, 4) is 5.75 Å². The van der Waals surface area contributed by atoms with E-state index in [-0.39, 0.29) is 17.7 Å². The van der Waals surface area contributed by atoms with E-state index < -0.39 is 0 Å². The van der Waals surface area contributed by atoms with Crippen LogP contribution in [0.5, 0.6) is 5.75 Å². The zero-order valence-corrected chi connectivity index (χ0v) is 17.1. The third-order valence-electron chi connectivity index (χ3n) is 4.99. The standard InChI is InChI=1S/C23H29N3O3/c1-17(2)13-25-22(27)20-6-4-12-26(15-20)23(28)19-7-9-21(10-8-19)29-16-18-5-3-11-24-14-18/h3,5,7-11,14,17,20H,4,6,12-13,15-16H2,1-2H3,(H,25,27)/t20-/m0/s1. The Morgan fingerprint density at radius 2 is 2.03 bits per heavy atom. The van der Waals surface area contributed by atoms with Gasteiger partial charge >= 0.3 is 0 Å². The highest BCUT2D eigenvalue weighted by Crippen LogP contribution is 2.21. The van der Waals surface area contributed by atoms with Crippen LogP contribution >= 0.6 is 0 Å². The molecule has 6 nitrogen and oxygen atoms in total. The van der Waals surface area contributed by atoms with Gasteiger partial charge in [0.05, 0.1) is 5.92 Å². The molecule has 1 fully saturated rings. The Balaban J connectivity index is 1.54. The fraction of sp³-hybridized carbons (Fsp3) is 0.435. The van der Waals surface area contributed by atoms with Gasteiger partial charge in [-0.25, -0.2) is 0 Å². The summed E-state index contributed by atoms with van der Waals surface area (Å²) in [4.78, 5) is 31.1. The van der Waals surface area contributed by atoms with Gasteiger partial charge in [-0.05, 0) is 49.1 Å². The fourth-order valence-electron chi connectivity index (χ4n) is 3.35. The van der Waals surface area contributed by atoms with Gasteiger partial charge in [0.15, 0.2) is 0 Å².